The van der Waals surface area contributed by atoms with Crippen LogP contribution in [0.25, 0.3) is 0 Å². The monoisotopic (exact) mass is 129 g/mol. The topological polar surface area (TPSA) is 12.0 Å². The Hall–Kier alpha value is -0.790. The van der Waals surface area contributed by atoms with Gasteiger partial charge in [0.1, 0.15) is 5.83 Å². The van der Waals surface area contributed by atoms with E-state index in [2.05, 4.69) is 11.9 Å². The fourth-order valence-corrected chi connectivity index (χ4v) is 0.422. The minimum absolute atomic E-state index is 0.264. The summed E-state index contributed by atoms with van der Waals surface area (Å²) < 4.78 is 12.5. The van der Waals surface area contributed by atoms with E-state index in [4.69, 9.17) is 0 Å². The molecule has 0 aromatic carbocycles. The van der Waals surface area contributed by atoms with E-state index < -0.39 is 0 Å². The summed E-state index contributed by atoms with van der Waals surface area (Å²) in [5.74, 6) is -0.264. The summed E-state index contributed by atoms with van der Waals surface area (Å²) in [4.78, 5) is 0. The van der Waals surface area contributed by atoms with Crippen molar-refractivity contribution in [3.05, 3.63) is 24.2 Å². The van der Waals surface area contributed by atoms with E-state index >= 15 is 0 Å². The van der Waals surface area contributed by atoms with Crippen LogP contribution in [0.3, 0.4) is 0 Å². The molecule has 0 saturated heterocycles. The van der Waals surface area contributed by atoms with E-state index in [-0.39, 0.29) is 5.83 Å². The Morgan fingerprint density at radius 3 is 2.67 bits per heavy atom. The summed E-state index contributed by atoms with van der Waals surface area (Å²) in [6.07, 6.45) is 2.19. The molecular weight excluding hydrogens is 117 g/mol. The Morgan fingerprint density at radius 1 is 1.78 bits per heavy atom. The number of hydrogen-bond donors (Lipinski definition) is 1. The second-order valence-corrected chi connectivity index (χ2v) is 1.69. The summed E-state index contributed by atoms with van der Waals surface area (Å²) in [5.41, 5.74) is 0.344. The van der Waals surface area contributed by atoms with E-state index in [0.717, 1.165) is 0 Å². The minimum Gasteiger partial charge on any atom is -0.386 e. The van der Waals surface area contributed by atoms with E-state index in [1.54, 1.807) is 7.05 Å². The van der Waals surface area contributed by atoms with Gasteiger partial charge in [-0.15, -0.1) is 0 Å². The molecule has 0 aliphatic heterocycles. The first-order chi connectivity index (χ1) is 4.22. The lowest BCUT2D eigenvalue weighted by Gasteiger charge is -1.98. The fourth-order valence-electron chi connectivity index (χ4n) is 0.422. The van der Waals surface area contributed by atoms with E-state index in [9.17, 15) is 4.39 Å². The van der Waals surface area contributed by atoms with Crippen LogP contribution >= 0.6 is 0 Å². The van der Waals surface area contributed by atoms with Gasteiger partial charge in [-0.1, -0.05) is 13.5 Å². The summed E-state index contributed by atoms with van der Waals surface area (Å²) in [6.45, 7) is 5.31. The first-order valence-electron chi connectivity index (χ1n) is 2.95. The van der Waals surface area contributed by atoms with Crippen LogP contribution in [0, 0.1) is 0 Å². The maximum atomic E-state index is 12.5. The van der Waals surface area contributed by atoms with E-state index in [1.807, 2.05) is 6.92 Å². The number of allylic oxidation sites excluding steroid dienone is 2. The molecule has 0 radical (unpaired) electrons. The molecule has 9 heavy (non-hydrogen) atoms. The quantitative estimate of drug-likeness (QED) is 0.574. The Balaban J connectivity index is 3.86. The number of nitrogens with one attached hydrogen (secondary N) is 1. The normalized spacial score (nSPS) is 11.2. The third-order valence-corrected chi connectivity index (χ3v) is 0.973. The summed E-state index contributed by atoms with van der Waals surface area (Å²) in [7, 11) is 1.64. The van der Waals surface area contributed by atoms with Gasteiger partial charge in [0.2, 0.25) is 0 Å². The van der Waals surface area contributed by atoms with Crippen LogP contribution in [0.4, 0.5) is 4.39 Å². The Morgan fingerprint density at radius 2 is 2.33 bits per heavy atom. The molecule has 0 amide bonds. The Bertz CT molecular complexity index is 127. The average Bonchev–Trinajstić information content (AvgIpc) is 1.87. The molecule has 0 spiro atoms. The summed E-state index contributed by atoms with van der Waals surface area (Å²) in [6, 6.07) is 0. The lowest BCUT2D eigenvalue weighted by Crippen LogP contribution is -2.03. The minimum atomic E-state index is -0.264. The van der Waals surface area contributed by atoms with Crippen molar-refractivity contribution in [2.24, 2.45) is 0 Å². The van der Waals surface area contributed by atoms with Crippen LogP contribution in [-0.2, 0) is 0 Å². The van der Waals surface area contributed by atoms with Crippen LogP contribution in [0.5, 0.6) is 0 Å². The zero-order valence-electron chi connectivity index (χ0n) is 5.87. The Labute approximate surface area is 55.3 Å². The second kappa shape index (κ2) is 4.13. The molecule has 0 saturated carbocycles. The van der Waals surface area contributed by atoms with Gasteiger partial charge < -0.3 is 5.32 Å². The largest absolute Gasteiger partial charge is 0.386 e. The molecule has 0 aliphatic rings. The molecule has 1 N–H and O–H groups in total. The predicted octanol–water partition coefficient (Wildman–Crippen LogP) is 1.98. The van der Waals surface area contributed by atoms with E-state index in [0.29, 0.717) is 12.1 Å². The van der Waals surface area contributed by atoms with Crippen molar-refractivity contribution in [1.82, 2.24) is 5.32 Å². The van der Waals surface area contributed by atoms with Crippen LogP contribution < -0.4 is 5.32 Å². The van der Waals surface area contributed by atoms with Crippen molar-refractivity contribution >= 4 is 0 Å². The molecule has 0 fully saturated rings. The van der Waals surface area contributed by atoms with Crippen molar-refractivity contribution < 1.29 is 4.39 Å². The molecular formula is C7H12FN. The molecule has 0 aliphatic carbocycles. The molecule has 0 aromatic rings. The zero-order chi connectivity index (χ0) is 7.28. The molecule has 0 atom stereocenters. The van der Waals surface area contributed by atoms with Crippen molar-refractivity contribution in [1.29, 1.82) is 0 Å². The van der Waals surface area contributed by atoms with Crippen LogP contribution in [0.2, 0.25) is 0 Å². The maximum Gasteiger partial charge on any atom is 0.141 e. The molecule has 0 heterocycles. The first-order valence-corrected chi connectivity index (χ1v) is 2.95. The van der Waals surface area contributed by atoms with Gasteiger partial charge in [0.25, 0.3) is 0 Å². The highest BCUT2D eigenvalue weighted by atomic mass is 19.1. The van der Waals surface area contributed by atoms with Gasteiger partial charge in [0, 0.05) is 7.05 Å². The third-order valence-electron chi connectivity index (χ3n) is 0.973. The number of rotatable bonds is 3. The van der Waals surface area contributed by atoms with Gasteiger partial charge in [0.05, 0.1) is 5.70 Å². The predicted molar refractivity (Wildman–Crippen MR) is 37.7 cm³/mol. The van der Waals surface area contributed by atoms with Gasteiger partial charge in [-0.25, -0.2) is 4.39 Å². The van der Waals surface area contributed by atoms with Crippen molar-refractivity contribution in [2.45, 2.75) is 13.3 Å². The number of halogens is 1. The standard InChI is InChI=1S/C7H12FN/c1-4-5-7(8)6(2)9-3/h5,9H,2,4H2,1,3H3/b7-5+. The zero-order valence-corrected chi connectivity index (χ0v) is 5.87. The highest BCUT2D eigenvalue weighted by molar-refractivity contribution is 5.18. The molecule has 0 aromatic heterocycles. The van der Waals surface area contributed by atoms with Crippen LogP contribution in [0.15, 0.2) is 24.2 Å². The van der Waals surface area contributed by atoms with Gasteiger partial charge >= 0.3 is 0 Å². The lowest BCUT2D eigenvalue weighted by molar-refractivity contribution is 0.630. The lowest BCUT2D eigenvalue weighted by atomic mass is 10.3. The van der Waals surface area contributed by atoms with Crippen molar-refractivity contribution in [2.75, 3.05) is 7.05 Å². The maximum absolute atomic E-state index is 12.5. The summed E-state index contributed by atoms with van der Waals surface area (Å²) in [5, 5.41) is 2.61. The third kappa shape index (κ3) is 2.90. The number of likely N-dealkylation sites (N-methyl/N-ethyl adjacent to an activating group) is 1. The molecule has 1 nitrogen and oxygen atoms in total. The van der Waals surface area contributed by atoms with Gasteiger partial charge in [-0.3, -0.25) is 0 Å². The van der Waals surface area contributed by atoms with Gasteiger partial charge in [-0.05, 0) is 12.5 Å². The van der Waals surface area contributed by atoms with E-state index in [1.165, 1.54) is 6.08 Å². The molecule has 52 valence electrons. The average molecular weight is 129 g/mol. The van der Waals surface area contributed by atoms with Crippen LogP contribution in [-0.4, -0.2) is 7.05 Å². The second-order valence-electron chi connectivity index (χ2n) is 1.69. The molecule has 0 unspecified atom stereocenters. The molecule has 2 heteroatoms. The van der Waals surface area contributed by atoms with Crippen molar-refractivity contribution in [3.63, 3.8) is 0 Å². The van der Waals surface area contributed by atoms with Gasteiger partial charge in [-0.2, -0.15) is 0 Å². The number of hydrogen-bond acceptors (Lipinski definition) is 1. The van der Waals surface area contributed by atoms with Crippen LogP contribution in [0.1, 0.15) is 13.3 Å². The summed E-state index contributed by atoms with van der Waals surface area (Å²) >= 11 is 0. The molecule has 0 bridgehead atoms. The SMILES string of the molecule is C=C(NC)/C(F)=C\CC. The molecule has 0 rings (SSSR count). The smallest absolute Gasteiger partial charge is 0.141 e. The van der Waals surface area contributed by atoms with Gasteiger partial charge in [0.15, 0.2) is 0 Å². The highest BCUT2D eigenvalue weighted by Gasteiger charge is 1.94. The fraction of sp³-hybridized carbons (Fsp3) is 0.429. The Kier molecular flexibility index (Phi) is 3.76. The highest BCUT2D eigenvalue weighted by Crippen LogP contribution is 2.05. The van der Waals surface area contributed by atoms with Crippen molar-refractivity contribution in [3.8, 4) is 0 Å². The first kappa shape index (κ1) is 8.21.